The van der Waals surface area contributed by atoms with Crippen LogP contribution in [0.1, 0.15) is 18.4 Å². The van der Waals surface area contributed by atoms with Crippen LogP contribution in [0, 0.1) is 5.82 Å². The molecular weight excluding hydrogens is 213 g/mol. The number of aliphatic hydroxyl groups is 1. The molecule has 0 aliphatic carbocycles. The first-order valence-corrected chi connectivity index (χ1v) is 4.85. The average molecular weight is 227 g/mol. The second-order valence-corrected chi connectivity index (χ2v) is 3.69. The molecule has 88 valence electrons. The number of nitrogens with two attached hydrogens (primary N) is 1. The number of aliphatic hydroxyl groups excluding tert-OH is 1. The van der Waals surface area contributed by atoms with Gasteiger partial charge in [0.2, 0.25) is 0 Å². The fourth-order valence-electron chi connectivity index (χ4n) is 1.42. The van der Waals surface area contributed by atoms with Crippen LogP contribution in [0.4, 0.5) is 4.39 Å². The molecule has 1 aromatic carbocycles. The summed E-state index contributed by atoms with van der Waals surface area (Å²) in [6.45, 7) is 1.64. The van der Waals surface area contributed by atoms with Crippen molar-refractivity contribution in [3.63, 3.8) is 0 Å². The maximum absolute atomic E-state index is 12.7. The van der Waals surface area contributed by atoms with Crippen LogP contribution < -0.4 is 5.73 Å². The predicted molar refractivity (Wildman–Crippen MR) is 56.4 cm³/mol. The van der Waals surface area contributed by atoms with E-state index in [0.29, 0.717) is 5.56 Å². The van der Waals surface area contributed by atoms with Gasteiger partial charge in [-0.15, -0.1) is 0 Å². The maximum Gasteiger partial charge on any atom is 0.323 e. The Morgan fingerprint density at radius 2 is 1.88 bits per heavy atom. The Morgan fingerprint density at radius 3 is 2.31 bits per heavy atom. The number of aliphatic carboxylic acids is 1. The smallest absolute Gasteiger partial charge is 0.323 e. The van der Waals surface area contributed by atoms with Gasteiger partial charge in [0, 0.05) is 5.92 Å². The monoisotopic (exact) mass is 227 g/mol. The van der Waals surface area contributed by atoms with Gasteiger partial charge in [0.25, 0.3) is 0 Å². The van der Waals surface area contributed by atoms with Crippen molar-refractivity contribution in [3.05, 3.63) is 35.6 Å². The number of rotatable bonds is 4. The van der Waals surface area contributed by atoms with Crippen LogP contribution in [0.5, 0.6) is 0 Å². The zero-order chi connectivity index (χ0) is 12.3. The molecule has 16 heavy (non-hydrogen) atoms. The molecule has 0 fully saturated rings. The molecule has 3 atom stereocenters. The standard InChI is InChI=1S/C11H14FNO3/c1-6(10(14)9(13)11(15)16)7-2-4-8(12)5-3-7/h2-6,9-10,14H,13H2,1H3,(H,15,16). The summed E-state index contributed by atoms with van der Waals surface area (Å²) in [5.74, 6) is -2.11. The highest BCUT2D eigenvalue weighted by molar-refractivity contribution is 5.74. The van der Waals surface area contributed by atoms with E-state index in [-0.39, 0.29) is 5.82 Å². The average Bonchev–Trinajstić information content (AvgIpc) is 2.27. The Labute approximate surface area is 92.5 Å². The molecule has 4 N–H and O–H groups in total. The number of hydrogen-bond donors (Lipinski definition) is 3. The molecule has 1 rings (SSSR count). The number of benzene rings is 1. The first-order valence-electron chi connectivity index (χ1n) is 4.85. The summed E-state index contributed by atoms with van der Waals surface area (Å²) < 4.78 is 12.7. The largest absolute Gasteiger partial charge is 0.480 e. The fourth-order valence-corrected chi connectivity index (χ4v) is 1.42. The number of hydrogen-bond acceptors (Lipinski definition) is 3. The normalized spacial score (nSPS) is 16.5. The molecule has 0 aromatic heterocycles. The maximum atomic E-state index is 12.7. The molecule has 5 heteroatoms. The molecule has 0 heterocycles. The lowest BCUT2D eigenvalue weighted by Crippen LogP contribution is -2.44. The van der Waals surface area contributed by atoms with Crippen LogP contribution in [-0.2, 0) is 4.79 Å². The van der Waals surface area contributed by atoms with Gasteiger partial charge in [-0.05, 0) is 17.7 Å². The van der Waals surface area contributed by atoms with Gasteiger partial charge in [-0.1, -0.05) is 19.1 Å². The van der Waals surface area contributed by atoms with Crippen molar-refractivity contribution < 1.29 is 19.4 Å². The quantitative estimate of drug-likeness (QED) is 0.707. The van der Waals surface area contributed by atoms with E-state index in [1.165, 1.54) is 24.3 Å². The number of carbonyl (C=O) groups is 1. The third-order valence-corrected chi connectivity index (χ3v) is 2.56. The molecule has 0 aliphatic heterocycles. The van der Waals surface area contributed by atoms with Crippen molar-refractivity contribution in [1.29, 1.82) is 0 Å². The van der Waals surface area contributed by atoms with E-state index in [1.54, 1.807) is 6.92 Å². The number of carboxylic acid groups (broad SMARTS) is 1. The van der Waals surface area contributed by atoms with Gasteiger partial charge in [0.15, 0.2) is 0 Å². The lowest BCUT2D eigenvalue weighted by molar-refractivity contribution is -0.141. The van der Waals surface area contributed by atoms with Gasteiger partial charge in [0.05, 0.1) is 6.10 Å². The van der Waals surface area contributed by atoms with Crippen molar-refractivity contribution in [3.8, 4) is 0 Å². The Morgan fingerprint density at radius 1 is 1.38 bits per heavy atom. The van der Waals surface area contributed by atoms with E-state index in [2.05, 4.69) is 0 Å². The molecule has 0 bridgehead atoms. The third-order valence-electron chi connectivity index (χ3n) is 2.56. The highest BCUT2D eigenvalue weighted by Crippen LogP contribution is 2.21. The Bertz CT molecular complexity index is 366. The molecule has 0 saturated carbocycles. The Balaban J connectivity index is 2.81. The lowest BCUT2D eigenvalue weighted by Gasteiger charge is -2.22. The summed E-state index contributed by atoms with van der Waals surface area (Å²) in [5.41, 5.74) is 5.95. The second-order valence-electron chi connectivity index (χ2n) is 3.69. The van der Waals surface area contributed by atoms with Crippen LogP contribution in [0.15, 0.2) is 24.3 Å². The van der Waals surface area contributed by atoms with E-state index in [9.17, 15) is 14.3 Å². The summed E-state index contributed by atoms with van der Waals surface area (Å²) in [6.07, 6.45) is -1.21. The summed E-state index contributed by atoms with van der Waals surface area (Å²) in [5, 5.41) is 18.3. The van der Waals surface area contributed by atoms with Crippen LogP contribution >= 0.6 is 0 Å². The molecule has 0 aliphatic rings. The molecule has 0 spiro atoms. The highest BCUT2D eigenvalue weighted by Gasteiger charge is 2.27. The topological polar surface area (TPSA) is 83.5 Å². The van der Waals surface area contributed by atoms with Gasteiger partial charge in [-0.25, -0.2) is 4.39 Å². The summed E-state index contributed by atoms with van der Waals surface area (Å²) in [6, 6.07) is 4.16. The van der Waals surface area contributed by atoms with Gasteiger partial charge in [0.1, 0.15) is 11.9 Å². The molecule has 3 unspecified atom stereocenters. The summed E-state index contributed by atoms with van der Waals surface area (Å²) >= 11 is 0. The lowest BCUT2D eigenvalue weighted by atomic mass is 9.91. The van der Waals surface area contributed by atoms with Gasteiger partial charge in [-0.3, -0.25) is 4.79 Å². The minimum Gasteiger partial charge on any atom is -0.480 e. The number of carboxylic acids is 1. The van der Waals surface area contributed by atoms with E-state index in [4.69, 9.17) is 10.8 Å². The van der Waals surface area contributed by atoms with Gasteiger partial charge < -0.3 is 15.9 Å². The van der Waals surface area contributed by atoms with E-state index in [0.717, 1.165) is 0 Å². The molecule has 0 saturated heterocycles. The third kappa shape index (κ3) is 2.77. The zero-order valence-corrected chi connectivity index (χ0v) is 8.80. The number of halogens is 1. The minimum absolute atomic E-state index is 0.382. The zero-order valence-electron chi connectivity index (χ0n) is 8.80. The summed E-state index contributed by atoms with van der Waals surface area (Å²) in [4.78, 5) is 10.6. The van der Waals surface area contributed by atoms with Crippen molar-refractivity contribution >= 4 is 5.97 Å². The SMILES string of the molecule is CC(c1ccc(F)cc1)C(O)C(N)C(=O)O. The van der Waals surface area contributed by atoms with Crippen LogP contribution in [0.3, 0.4) is 0 Å². The molecule has 1 aromatic rings. The van der Waals surface area contributed by atoms with E-state index >= 15 is 0 Å². The molecule has 0 radical (unpaired) electrons. The highest BCUT2D eigenvalue weighted by atomic mass is 19.1. The van der Waals surface area contributed by atoms with Crippen LogP contribution in [-0.4, -0.2) is 28.3 Å². The fraction of sp³-hybridized carbons (Fsp3) is 0.364. The van der Waals surface area contributed by atoms with Crippen molar-refractivity contribution in [2.24, 2.45) is 5.73 Å². The first kappa shape index (κ1) is 12.6. The Hall–Kier alpha value is -1.46. The molecule has 4 nitrogen and oxygen atoms in total. The molecule has 0 amide bonds. The van der Waals surface area contributed by atoms with Crippen molar-refractivity contribution in [1.82, 2.24) is 0 Å². The van der Waals surface area contributed by atoms with Crippen molar-refractivity contribution in [2.45, 2.75) is 25.0 Å². The van der Waals surface area contributed by atoms with Crippen LogP contribution in [0.2, 0.25) is 0 Å². The minimum atomic E-state index is -1.35. The summed E-state index contributed by atoms with van der Waals surface area (Å²) in [7, 11) is 0. The van der Waals surface area contributed by atoms with Crippen LogP contribution in [0.25, 0.3) is 0 Å². The van der Waals surface area contributed by atoms with Crippen molar-refractivity contribution in [2.75, 3.05) is 0 Å². The van der Waals surface area contributed by atoms with Gasteiger partial charge in [-0.2, -0.15) is 0 Å². The second kappa shape index (κ2) is 5.05. The Kier molecular flexibility index (Phi) is 3.98. The van der Waals surface area contributed by atoms with Gasteiger partial charge >= 0.3 is 5.97 Å². The van der Waals surface area contributed by atoms with E-state index < -0.39 is 24.0 Å². The first-order chi connectivity index (χ1) is 7.43. The van der Waals surface area contributed by atoms with E-state index in [1.807, 2.05) is 0 Å². The molecular formula is C11H14FNO3. The predicted octanol–water partition coefficient (Wildman–Crippen LogP) is 0.702.